The minimum absolute atomic E-state index is 0.563. The third-order valence-electron chi connectivity index (χ3n) is 4.37. The van der Waals surface area contributed by atoms with E-state index in [1.807, 2.05) is 24.3 Å². The highest BCUT2D eigenvalue weighted by Gasteiger charge is 2.32. The second-order valence-electron chi connectivity index (χ2n) is 5.74. The Morgan fingerprint density at radius 1 is 1.12 bits per heavy atom. The Kier molecular flexibility index (Phi) is 4.63. The van der Waals surface area contributed by atoms with Crippen molar-refractivity contribution < 1.29 is 19.4 Å². The molecule has 130 valence electrons. The molecule has 25 heavy (non-hydrogen) atoms. The van der Waals surface area contributed by atoms with Gasteiger partial charge in [0.1, 0.15) is 17.5 Å². The van der Waals surface area contributed by atoms with E-state index in [0.717, 1.165) is 16.5 Å². The first-order valence-electron chi connectivity index (χ1n) is 7.83. The molecule has 0 aliphatic rings. The van der Waals surface area contributed by atoms with Gasteiger partial charge in [0.2, 0.25) is 0 Å². The Bertz CT molecular complexity index is 903. The summed E-state index contributed by atoms with van der Waals surface area (Å²) in [6, 6.07) is 11.9. The van der Waals surface area contributed by atoms with Gasteiger partial charge in [-0.1, -0.05) is 18.2 Å². The minimum Gasteiger partial charge on any atom is -0.497 e. The monoisotopic (exact) mass is 340 g/mol. The number of nitrogens with one attached hydrogen (secondary N) is 1. The summed E-state index contributed by atoms with van der Waals surface area (Å²) in [6.45, 7) is 0. The maximum atomic E-state index is 11.7. The number of fused-ring (bicyclic) bond motifs is 1. The Morgan fingerprint density at radius 3 is 2.56 bits per heavy atom. The van der Waals surface area contributed by atoms with Crippen LogP contribution in [0.5, 0.6) is 11.5 Å². The van der Waals surface area contributed by atoms with Crippen LogP contribution in [0.2, 0.25) is 0 Å². The highest BCUT2D eigenvalue weighted by Crippen LogP contribution is 2.39. The van der Waals surface area contributed by atoms with Crippen molar-refractivity contribution in [1.82, 2.24) is 4.98 Å². The fraction of sp³-hybridized carbons (Fsp3) is 0.211. The molecule has 6 heteroatoms. The SMILES string of the molecule is COc1ccc(OC)c([C@@H](c2c[nH]c3ccccc23)[C@@H](N)C(=O)O)c1. The molecule has 1 aromatic heterocycles. The van der Waals surface area contributed by atoms with Gasteiger partial charge in [-0.05, 0) is 29.8 Å². The van der Waals surface area contributed by atoms with E-state index in [-0.39, 0.29) is 0 Å². The summed E-state index contributed by atoms with van der Waals surface area (Å²) in [6.07, 6.45) is 1.80. The number of para-hydroxylation sites is 1. The van der Waals surface area contributed by atoms with Crippen molar-refractivity contribution in [1.29, 1.82) is 0 Å². The molecule has 6 nitrogen and oxygen atoms in total. The van der Waals surface area contributed by atoms with Gasteiger partial charge in [-0.15, -0.1) is 0 Å². The minimum atomic E-state index is -1.14. The van der Waals surface area contributed by atoms with Crippen molar-refractivity contribution in [2.75, 3.05) is 14.2 Å². The molecule has 0 radical (unpaired) electrons. The summed E-state index contributed by atoms with van der Waals surface area (Å²) >= 11 is 0. The van der Waals surface area contributed by atoms with E-state index >= 15 is 0 Å². The molecule has 0 aliphatic heterocycles. The van der Waals surface area contributed by atoms with Crippen LogP contribution >= 0.6 is 0 Å². The van der Waals surface area contributed by atoms with E-state index in [0.29, 0.717) is 17.1 Å². The molecule has 0 bridgehead atoms. The third-order valence-corrected chi connectivity index (χ3v) is 4.37. The van der Waals surface area contributed by atoms with E-state index in [1.165, 1.54) is 0 Å². The van der Waals surface area contributed by atoms with Crippen LogP contribution in [0.3, 0.4) is 0 Å². The third kappa shape index (κ3) is 3.04. The largest absolute Gasteiger partial charge is 0.497 e. The molecule has 0 unspecified atom stereocenters. The number of hydrogen-bond acceptors (Lipinski definition) is 4. The molecule has 0 saturated heterocycles. The van der Waals surface area contributed by atoms with E-state index in [9.17, 15) is 9.90 Å². The van der Waals surface area contributed by atoms with Crippen LogP contribution in [0, 0.1) is 0 Å². The number of aliphatic carboxylic acids is 1. The van der Waals surface area contributed by atoms with Gasteiger partial charge < -0.3 is 25.3 Å². The van der Waals surface area contributed by atoms with Gasteiger partial charge in [0, 0.05) is 28.6 Å². The fourth-order valence-corrected chi connectivity index (χ4v) is 3.13. The van der Waals surface area contributed by atoms with Crippen molar-refractivity contribution in [3.63, 3.8) is 0 Å². The van der Waals surface area contributed by atoms with Gasteiger partial charge in [-0.2, -0.15) is 0 Å². The van der Waals surface area contributed by atoms with Crippen molar-refractivity contribution in [3.05, 3.63) is 59.8 Å². The number of carboxylic acids is 1. The molecular weight excluding hydrogens is 320 g/mol. The number of methoxy groups -OCH3 is 2. The van der Waals surface area contributed by atoms with Crippen LogP contribution in [0.15, 0.2) is 48.7 Å². The van der Waals surface area contributed by atoms with Gasteiger partial charge >= 0.3 is 5.97 Å². The molecule has 0 saturated carbocycles. The molecule has 3 aromatic rings. The lowest BCUT2D eigenvalue weighted by molar-refractivity contribution is -0.138. The zero-order chi connectivity index (χ0) is 18.0. The smallest absolute Gasteiger partial charge is 0.321 e. The zero-order valence-electron chi connectivity index (χ0n) is 14.0. The summed E-state index contributed by atoms with van der Waals surface area (Å²) in [5.41, 5.74) is 8.47. The molecule has 1 heterocycles. The van der Waals surface area contributed by atoms with E-state index in [2.05, 4.69) is 4.98 Å². The number of nitrogens with two attached hydrogens (primary N) is 1. The molecular formula is C19H20N2O4. The maximum absolute atomic E-state index is 11.7. The second-order valence-corrected chi connectivity index (χ2v) is 5.74. The lowest BCUT2D eigenvalue weighted by atomic mass is 9.84. The quantitative estimate of drug-likeness (QED) is 0.641. The van der Waals surface area contributed by atoms with E-state index in [4.69, 9.17) is 15.2 Å². The zero-order valence-corrected chi connectivity index (χ0v) is 14.0. The number of carboxylic acid groups (broad SMARTS) is 1. The Hall–Kier alpha value is -2.99. The number of rotatable bonds is 6. The van der Waals surface area contributed by atoms with Crippen LogP contribution in [0.25, 0.3) is 10.9 Å². The Balaban J connectivity index is 2.25. The molecule has 0 spiro atoms. The molecule has 2 atom stereocenters. The van der Waals surface area contributed by atoms with Crippen LogP contribution < -0.4 is 15.2 Å². The highest BCUT2D eigenvalue weighted by atomic mass is 16.5. The number of aromatic amines is 1. The highest BCUT2D eigenvalue weighted by molar-refractivity contribution is 5.86. The average Bonchev–Trinajstić information content (AvgIpc) is 3.05. The van der Waals surface area contributed by atoms with E-state index in [1.54, 1.807) is 38.6 Å². The predicted octanol–water partition coefficient (Wildman–Crippen LogP) is 2.73. The summed E-state index contributed by atoms with van der Waals surface area (Å²) in [7, 11) is 3.10. The molecule has 0 fully saturated rings. The Morgan fingerprint density at radius 2 is 1.88 bits per heavy atom. The standard InChI is InChI=1S/C19H20N2O4/c1-24-11-7-8-16(25-2)13(9-11)17(18(20)19(22)23)14-10-21-15-6-4-3-5-12(14)15/h3-10,17-18,21H,20H2,1-2H3,(H,22,23)/t17-,18+/m0/s1. The fourth-order valence-electron chi connectivity index (χ4n) is 3.13. The number of H-pyrrole nitrogens is 1. The van der Waals surface area contributed by atoms with Crippen LogP contribution in [-0.2, 0) is 4.79 Å². The lowest BCUT2D eigenvalue weighted by Gasteiger charge is -2.23. The molecule has 3 rings (SSSR count). The van der Waals surface area contributed by atoms with Crippen LogP contribution in [-0.4, -0.2) is 36.3 Å². The first-order valence-corrected chi connectivity index (χ1v) is 7.83. The number of carbonyl (C=O) groups is 1. The van der Waals surface area contributed by atoms with Crippen LogP contribution in [0.1, 0.15) is 17.0 Å². The summed E-state index contributed by atoms with van der Waals surface area (Å²) in [4.78, 5) is 14.9. The lowest BCUT2D eigenvalue weighted by Crippen LogP contribution is -2.37. The van der Waals surface area contributed by atoms with Crippen molar-refractivity contribution in [3.8, 4) is 11.5 Å². The topological polar surface area (TPSA) is 97.6 Å². The van der Waals surface area contributed by atoms with Gasteiger partial charge in [0.25, 0.3) is 0 Å². The second kappa shape index (κ2) is 6.86. The van der Waals surface area contributed by atoms with Crippen molar-refractivity contribution in [2.45, 2.75) is 12.0 Å². The molecule has 0 aliphatic carbocycles. The predicted molar refractivity (Wildman–Crippen MR) is 95.3 cm³/mol. The molecule has 4 N–H and O–H groups in total. The normalized spacial score (nSPS) is 13.4. The summed E-state index contributed by atoms with van der Waals surface area (Å²) < 4.78 is 10.7. The van der Waals surface area contributed by atoms with Crippen molar-refractivity contribution in [2.24, 2.45) is 5.73 Å². The van der Waals surface area contributed by atoms with Crippen molar-refractivity contribution >= 4 is 16.9 Å². The van der Waals surface area contributed by atoms with E-state index < -0.39 is 17.9 Å². The summed E-state index contributed by atoms with van der Waals surface area (Å²) in [5, 5.41) is 10.5. The first-order chi connectivity index (χ1) is 12.1. The van der Waals surface area contributed by atoms with Gasteiger partial charge in [-0.25, -0.2) is 0 Å². The van der Waals surface area contributed by atoms with Gasteiger partial charge in [0.05, 0.1) is 14.2 Å². The maximum Gasteiger partial charge on any atom is 0.321 e. The average molecular weight is 340 g/mol. The number of benzene rings is 2. The van der Waals surface area contributed by atoms with Gasteiger partial charge in [-0.3, -0.25) is 4.79 Å². The number of hydrogen-bond donors (Lipinski definition) is 3. The van der Waals surface area contributed by atoms with Crippen LogP contribution in [0.4, 0.5) is 0 Å². The number of ether oxygens (including phenoxy) is 2. The molecule has 0 amide bonds. The summed E-state index contributed by atoms with van der Waals surface area (Å²) in [5.74, 6) is -0.509. The molecule has 2 aromatic carbocycles. The van der Waals surface area contributed by atoms with Gasteiger partial charge in [0.15, 0.2) is 0 Å². The number of aromatic nitrogens is 1. The Labute approximate surface area is 145 Å². The first kappa shape index (κ1) is 16.9.